The lowest BCUT2D eigenvalue weighted by Crippen LogP contribution is -2.47. The molecule has 1 aromatic rings. The molecule has 31 heavy (non-hydrogen) atoms. The van der Waals surface area contributed by atoms with Gasteiger partial charge in [-0.25, -0.2) is 14.8 Å². The van der Waals surface area contributed by atoms with E-state index in [1.54, 1.807) is 13.1 Å². The maximum Gasteiger partial charge on any atom is 0.268 e. The van der Waals surface area contributed by atoms with Gasteiger partial charge in [-0.1, -0.05) is 61.5 Å². The first kappa shape index (κ1) is 26.4. The minimum atomic E-state index is -0.140. The number of allylic oxidation sites excluding steroid dienone is 6. The molecule has 0 radical (unpaired) electrons. The molecule has 168 valence electrons. The number of hydrogen-bond acceptors (Lipinski definition) is 4. The van der Waals surface area contributed by atoms with Crippen LogP contribution in [0.4, 0.5) is 10.1 Å². The molecule has 1 aliphatic heterocycles. The third-order valence-corrected chi connectivity index (χ3v) is 4.70. The molecule has 0 fully saturated rings. The van der Waals surface area contributed by atoms with Crippen molar-refractivity contribution in [2.24, 2.45) is 0 Å². The van der Waals surface area contributed by atoms with Crippen molar-refractivity contribution < 1.29 is 9.18 Å². The zero-order valence-electron chi connectivity index (χ0n) is 18.6. The smallest absolute Gasteiger partial charge is 0.268 e. The van der Waals surface area contributed by atoms with Crippen molar-refractivity contribution >= 4 is 27.5 Å². The first-order valence-electron chi connectivity index (χ1n) is 10.3. The van der Waals surface area contributed by atoms with Gasteiger partial charge in [0.2, 0.25) is 0 Å². The highest BCUT2D eigenvalue weighted by Gasteiger charge is 2.19. The average molecular weight is 491 g/mol. The van der Waals surface area contributed by atoms with Gasteiger partial charge < -0.3 is 10.6 Å². The zero-order chi connectivity index (χ0) is 23.2. The summed E-state index contributed by atoms with van der Waals surface area (Å²) in [4.78, 5) is 11.8. The van der Waals surface area contributed by atoms with Crippen LogP contribution in [0.15, 0.2) is 88.6 Å². The molecule has 0 unspecified atom stereocenters. The Hall–Kier alpha value is -2.64. The summed E-state index contributed by atoms with van der Waals surface area (Å²) in [5.74, 6) is 0.321. The molecule has 0 spiro atoms. The third-order valence-electron chi connectivity index (χ3n) is 4.17. The van der Waals surface area contributed by atoms with Crippen molar-refractivity contribution in [1.29, 1.82) is 0 Å². The first-order valence-corrected chi connectivity index (χ1v) is 11.1. The summed E-state index contributed by atoms with van der Waals surface area (Å²) in [6.07, 6.45) is 10.2. The number of benzene rings is 1. The van der Waals surface area contributed by atoms with Crippen molar-refractivity contribution in [3.05, 3.63) is 88.6 Å². The van der Waals surface area contributed by atoms with Gasteiger partial charge in [-0.05, 0) is 42.3 Å². The number of halogens is 2. The van der Waals surface area contributed by atoms with Gasteiger partial charge in [0.05, 0.1) is 6.54 Å². The van der Waals surface area contributed by atoms with E-state index < -0.39 is 0 Å². The molecule has 5 nitrogen and oxygen atoms in total. The molecule has 0 bridgehead atoms. The van der Waals surface area contributed by atoms with E-state index in [1.807, 2.05) is 56.3 Å². The predicted octanol–water partition coefficient (Wildman–Crippen LogP) is 5.94. The molecule has 7 heteroatoms. The number of hydrazine groups is 1. The number of rotatable bonds is 5. The van der Waals surface area contributed by atoms with Crippen molar-refractivity contribution in [1.82, 2.24) is 15.8 Å². The van der Waals surface area contributed by atoms with Crippen molar-refractivity contribution in [3.63, 3.8) is 0 Å². The standard InChI is InChI=1S/C13H15BrN4O.C9H11F.C2H6/c1-9-17-12(7-13(19)18(9)15-2)8-16-11-5-3-10(14)4-6-11;1-2-8-4-3-5-9(10)7-6-8;1-2/h3-7,15-17H,1,8H2,2H3;3-4,6-7H,2,5H2,1H3;1-2H3. The fourth-order valence-corrected chi connectivity index (χ4v) is 2.87. The Labute approximate surface area is 193 Å². The van der Waals surface area contributed by atoms with Gasteiger partial charge in [-0.3, -0.25) is 4.79 Å². The number of carbonyl (C=O) groups excluding carboxylic acids is 1. The summed E-state index contributed by atoms with van der Waals surface area (Å²) in [7, 11) is 1.67. The van der Waals surface area contributed by atoms with E-state index in [-0.39, 0.29) is 11.7 Å². The van der Waals surface area contributed by atoms with Crippen LogP contribution in [0.3, 0.4) is 0 Å². The second kappa shape index (κ2) is 14.4. The zero-order valence-corrected chi connectivity index (χ0v) is 20.2. The van der Waals surface area contributed by atoms with Crippen LogP contribution in [0.1, 0.15) is 33.6 Å². The lowest BCUT2D eigenvalue weighted by atomic mass is 10.2. The van der Waals surface area contributed by atoms with Gasteiger partial charge in [0.25, 0.3) is 5.91 Å². The Morgan fingerprint density at radius 3 is 2.48 bits per heavy atom. The second-order valence-corrected chi connectivity index (χ2v) is 7.23. The topological polar surface area (TPSA) is 56.4 Å². The molecular weight excluding hydrogens is 459 g/mol. The highest BCUT2D eigenvalue weighted by atomic mass is 79.9. The number of nitrogens with one attached hydrogen (secondary N) is 3. The second-order valence-electron chi connectivity index (χ2n) is 6.31. The number of hydrogen-bond donors (Lipinski definition) is 3. The third kappa shape index (κ3) is 9.36. The Balaban J connectivity index is 0.000000337. The fraction of sp³-hybridized carbons (Fsp3) is 0.292. The molecule has 3 rings (SSSR count). The van der Waals surface area contributed by atoms with E-state index in [4.69, 9.17) is 0 Å². The van der Waals surface area contributed by atoms with Gasteiger partial charge in [-0.2, -0.15) is 0 Å². The lowest BCUT2D eigenvalue weighted by Gasteiger charge is -2.28. The largest absolute Gasteiger partial charge is 0.379 e. The summed E-state index contributed by atoms with van der Waals surface area (Å²) in [6.45, 7) is 10.4. The van der Waals surface area contributed by atoms with E-state index in [0.29, 0.717) is 18.8 Å². The average Bonchev–Trinajstić information content (AvgIpc) is 2.99. The normalized spacial score (nSPS) is 15.2. The highest BCUT2D eigenvalue weighted by Crippen LogP contribution is 2.15. The minimum absolute atomic E-state index is 0.0558. The maximum atomic E-state index is 12.5. The van der Waals surface area contributed by atoms with Gasteiger partial charge in [0.1, 0.15) is 11.6 Å². The Kier molecular flexibility index (Phi) is 12.2. The Morgan fingerprint density at radius 1 is 1.23 bits per heavy atom. The molecule has 0 aromatic heterocycles. The van der Waals surface area contributed by atoms with Crippen LogP contribution in [0.5, 0.6) is 0 Å². The molecule has 0 atom stereocenters. The molecule has 0 saturated carbocycles. The molecule has 1 amide bonds. The van der Waals surface area contributed by atoms with Crippen molar-refractivity contribution in [2.45, 2.75) is 33.6 Å². The summed E-state index contributed by atoms with van der Waals surface area (Å²) >= 11 is 3.38. The monoisotopic (exact) mass is 490 g/mol. The molecule has 2 aliphatic rings. The Bertz CT molecular complexity index is 857. The van der Waals surface area contributed by atoms with E-state index >= 15 is 0 Å². The van der Waals surface area contributed by atoms with Gasteiger partial charge in [-0.15, -0.1) is 0 Å². The number of carbonyl (C=O) groups is 1. The SMILES string of the molecule is C=C1NC(CNc2ccc(Br)cc2)=CC(=O)N1NC.CC.CCC1=CC=C(F)CC=C1. The van der Waals surface area contributed by atoms with E-state index in [2.05, 4.69) is 45.5 Å². The van der Waals surface area contributed by atoms with Crippen LogP contribution in [0, 0.1) is 0 Å². The van der Waals surface area contributed by atoms with E-state index in [0.717, 1.165) is 22.3 Å². The maximum absolute atomic E-state index is 12.5. The number of amides is 1. The summed E-state index contributed by atoms with van der Waals surface area (Å²) < 4.78 is 13.5. The van der Waals surface area contributed by atoms with Crippen molar-refractivity contribution in [3.8, 4) is 0 Å². The molecule has 1 aliphatic carbocycles. The van der Waals surface area contributed by atoms with Gasteiger partial charge in [0.15, 0.2) is 0 Å². The highest BCUT2D eigenvalue weighted by molar-refractivity contribution is 9.10. The van der Waals surface area contributed by atoms with E-state index in [1.165, 1.54) is 16.7 Å². The van der Waals surface area contributed by atoms with Crippen LogP contribution in [0.25, 0.3) is 0 Å². The molecule has 1 aromatic carbocycles. The fourth-order valence-electron chi connectivity index (χ4n) is 2.61. The summed E-state index contributed by atoms with van der Waals surface area (Å²) in [5.41, 5.74) is 5.71. The summed E-state index contributed by atoms with van der Waals surface area (Å²) in [6, 6.07) is 7.84. The van der Waals surface area contributed by atoms with Gasteiger partial charge in [0, 0.05) is 35.4 Å². The molecule has 0 saturated heterocycles. The number of nitrogens with zero attached hydrogens (tertiary/aromatic N) is 1. The lowest BCUT2D eigenvalue weighted by molar-refractivity contribution is -0.127. The van der Waals surface area contributed by atoms with E-state index in [9.17, 15) is 9.18 Å². The van der Waals surface area contributed by atoms with Crippen LogP contribution < -0.4 is 16.1 Å². The molecular formula is C24H32BrFN4O. The predicted molar refractivity (Wildman–Crippen MR) is 132 cm³/mol. The number of anilines is 1. The van der Waals surface area contributed by atoms with Crippen LogP contribution in [-0.4, -0.2) is 24.5 Å². The van der Waals surface area contributed by atoms with Crippen LogP contribution >= 0.6 is 15.9 Å². The quantitative estimate of drug-likeness (QED) is 0.477. The van der Waals surface area contributed by atoms with Crippen LogP contribution in [0.2, 0.25) is 0 Å². The van der Waals surface area contributed by atoms with Gasteiger partial charge >= 0.3 is 0 Å². The Morgan fingerprint density at radius 2 is 1.90 bits per heavy atom. The summed E-state index contributed by atoms with van der Waals surface area (Å²) in [5, 5.41) is 7.65. The molecule has 3 N–H and O–H groups in total. The molecule has 1 heterocycles. The minimum Gasteiger partial charge on any atom is -0.379 e. The first-order chi connectivity index (χ1) is 14.9. The van der Waals surface area contributed by atoms with Crippen LogP contribution in [-0.2, 0) is 4.79 Å². The van der Waals surface area contributed by atoms with Crippen molar-refractivity contribution in [2.75, 3.05) is 18.9 Å².